The summed E-state index contributed by atoms with van der Waals surface area (Å²) in [6, 6.07) is 3.15. The molecule has 19 heavy (non-hydrogen) atoms. The Labute approximate surface area is 110 Å². The lowest BCUT2D eigenvalue weighted by Crippen LogP contribution is -2.38. The fraction of sp³-hybridized carbons (Fsp3) is 0.308. The highest BCUT2D eigenvalue weighted by atomic mass is 16.2. The number of amides is 1. The molecule has 2 N–H and O–H groups in total. The highest BCUT2D eigenvalue weighted by Gasteiger charge is 2.13. The minimum absolute atomic E-state index is 0.0950. The summed E-state index contributed by atoms with van der Waals surface area (Å²) in [7, 11) is 0. The number of H-pyrrole nitrogens is 1. The van der Waals surface area contributed by atoms with Gasteiger partial charge in [0.05, 0.1) is 6.33 Å². The van der Waals surface area contributed by atoms with E-state index in [2.05, 4.69) is 15.3 Å². The molecule has 0 saturated carbocycles. The molecule has 6 nitrogen and oxygen atoms in total. The lowest BCUT2D eigenvalue weighted by Gasteiger charge is -2.14. The maximum atomic E-state index is 12.0. The largest absolute Gasteiger partial charge is 0.348 e. The van der Waals surface area contributed by atoms with Crippen molar-refractivity contribution in [3.63, 3.8) is 0 Å². The zero-order valence-electron chi connectivity index (χ0n) is 10.9. The van der Waals surface area contributed by atoms with Crippen LogP contribution in [0.25, 0.3) is 0 Å². The number of hydrogen-bond donors (Lipinski definition) is 2. The van der Waals surface area contributed by atoms with Crippen molar-refractivity contribution in [1.82, 2.24) is 19.9 Å². The molecule has 0 radical (unpaired) electrons. The molecular formula is C13H16N4O2. The summed E-state index contributed by atoms with van der Waals surface area (Å²) in [5.74, 6) is -0.367. The van der Waals surface area contributed by atoms with Gasteiger partial charge in [0.25, 0.3) is 11.5 Å². The third kappa shape index (κ3) is 3.31. The smallest absolute Gasteiger partial charge is 0.260 e. The second-order valence-electron chi connectivity index (χ2n) is 4.52. The molecule has 2 aromatic rings. The number of rotatable bonds is 4. The van der Waals surface area contributed by atoms with Crippen LogP contribution in [0.4, 0.5) is 0 Å². The van der Waals surface area contributed by atoms with Crippen LogP contribution in [0.3, 0.4) is 0 Å². The number of carbonyl (C=O) groups excluding carboxylic acids is 1. The second-order valence-corrected chi connectivity index (χ2v) is 4.52. The maximum absolute atomic E-state index is 12.0. The van der Waals surface area contributed by atoms with Crippen molar-refractivity contribution in [2.45, 2.75) is 26.4 Å². The zero-order chi connectivity index (χ0) is 13.8. The van der Waals surface area contributed by atoms with Crippen molar-refractivity contribution in [3.8, 4) is 0 Å². The van der Waals surface area contributed by atoms with Crippen LogP contribution in [0.1, 0.15) is 23.0 Å². The van der Waals surface area contributed by atoms with E-state index in [9.17, 15) is 9.59 Å². The van der Waals surface area contributed by atoms with Crippen LogP contribution in [-0.2, 0) is 6.54 Å². The molecule has 6 heteroatoms. The number of nitrogens with one attached hydrogen (secondary N) is 2. The van der Waals surface area contributed by atoms with E-state index >= 15 is 0 Å². The van der Waals surface area contributed by atoms with Gasteiger partial charge in [0.2, 0.25) is 0 Å². The van der Waals surface area contributed by atoms with E-state index in [0.717, 1.165) is 5.69 Å². The number of pyridine rings is 1. The molecule has 0 spiro atoms. The number of aromatic amines is 1. The molecule has 0 aromatic carbocycles. The summed E-state index contributed by atoms with van der Waals surface area (Å²) in [6.07, 6.45) is 5.18. The van der Waals surface area contributed by atoms with Gasteiger partial charge >= 0.3 is 0 Å². The summed E-state index contributed by atoms with van der Waals surface area (Å²) < 4.78 is 1.87. The minimum Gasteiger partial charge on any atom is -0.348 e. The van der Waals surface area contributed by atoms with Crippen molar-refractivity contribution in [3.05, 3.63) is 52.5 Å². The van der Waals surface area contributed by atoms with Crippen molar-refractivity contribution in [2.24, 2.45) is 0 Å². The first-order valence-corrected chi connectivity index (χ1v) is 6.03. The molecule has 0 aliphatic carbocycles. The van der Waals surface area contributed by atoms with Crippen LogP contribution >= 0.6 is 0 Å². The number of nitrogens with zero attached hydrogens (tertiary/aromatic N) is 2. The number of hydrogen-bond acceptors (Lipinski definition) is 3. The third-order valence-corrected chi connectivity index (χ3v) is 2.72. The predicted octanol–water partition coefficient (Wildman–Crippen LogP) is 0.698. The van der Waals surface area contributed by atoms with E-state index in [4.69, 9.17) is 0 Å². The summed E-state index contributed by atoms with van der Waals surface area (Å²) in [6.45, 7) is 4.25. The number of aromatic nitrogens is 3. The van der Waals surface area contributed by atoms with Crippen LogP contribution < -0.4 is 10.9 Å². The average Bonchev–Trinajstić information content (AvgIpc) is 2.81. The molecule has 0 bridgehead atoms. The molecule has 0 aliphatic heterocycles. The molecule has 2 rings (SSSR count). The Bertz CT molecular complexity index is 616. The molecule has 1 unspecified atom stereocenters. The van der Waals surface area contributed by atoms with Gasteiger partial charge in [-0.3, -0.25) is 9.59 Å². The molecule has 2 heterocycles. The Morgan fingerprint density at radius 2 is 2.32 bits per heavy atom. The van der Waals surface area contributed by atoms with Crippen LogP contribution in [0.5, 0.6) is 0 Å². The van der Waals surface area contributed by atoms with Gasteiger partial charge in [-0.2, -0.15) is 0 Å². The van der Waals surface area contributed by atoms with Gasteiger partial charge in [-0.1, -0.05) is 0 Å². The van der Waals surface area contributed by atoms with Crippen molar-refractivity contribution < 1.29 is 4.79 Å². The van der Waals surface area contributed by atoms with Crippen molar-refractivity contribution in [1.29, 1.82) is 0 Å². The molecule has 0 fully saturated rings. The van der Waals surface area contributed by atoms with Crippen molar-refractivity contribution in [2.75, 3.05) is 0 Å². The summed E-state index contributed by atoms with van der Waals surface area (Å²) in [5, 5.41) is 2.79. The average molecular weight is 260 g/mol. The topological polar surface area (TPSA) is 79.8 Å². The summed E-state index contributed by atoms with van der Waals surface area (Å²) in [5.41, 5.74) is 0.489. The maximum Gasteiger partial charge on any atom is 0.260 e. The number of imidazole rings is 1. The molecular weight excluding hydrogens is 244 g/mol. The monoisotopic (exact) mass is 260 g/mol. The van der Waals surface area contributed by atoms with Gasteiger partial charge < -0.3 is 14.9 Å². The highest BCUT2D eigenvalue weighted by Crippen LogP contribution is 1.97. The van der Waals surface area contributed by atoms with Crippen LogP contribution in [-0.4, -0.2) is 26.5 Å². The standard InChI is InChI=1S/C13H16N4O2/c1-9-3-4-11(12(18)15-9)13(19)16-10(2)7-17-6-5-14-8-17/h3-6,8,10H,7H2,1-2H3,(H,15,18)(H,16,19). The fourth-order valence-corrected chi connectivity index (χ4v) is 1.81. The van der Waals surface area contributed by atoms with E-state index in [0.29, 0.717) is 6.54 Å². The lowest BCUT2D eigenvalue weighted by atomic mass is 10.2. The normalized spacial score (nSPS) is 12.1. The second kappa shape index (κ2) is 5.51. The SMILES string of the molecule is Cc1ccc(C(=O)NC(C)Cn2ccnc2)c(=O)[nH]1. The molecule has 2 aromatic heterocycles. The van der Waals surface area contributed by atoms with Gasteiger partial charge in [0.15, 0.2) is 0 Å². The van der Waals surface area contributed by atoms with E-state index < -0.39 is 0 Å². The van der Waals surface area contributed by atoms with E-state index in [1.165, 1.54) is 6.07 Å². The summed E-state index contributed by atoms with van der Waals surface area (Å²) in [4.78, 5) is 30.1. The molecule has 1 amide bonds. The Morgan fingerprint density at radius 1 is 1.53 bits per heavy atom. The van der Waals surface area contributed by atoms with Crippen molar-refractivity contribution >= 4 is 5.91 Å². The number of aryl methyl sites for hydroxylation is 1. The van der Waals surface area contributed by atoms with Crippen LogP contribution in [0.15, 0.2) is 35.6 Å². The summed E-state index contributed by atoms with van der Waals surface area (Å²) >= 11 is 0. The minimum atomic E-state index is -0.368. The third-order valence-electron chi connectivity index (χ3n) is 2.72. The lowest BCUT2D eigenvalue weighted by molar-refractivity contribution is 0.0935. The van der Waals surface area contributed by atoms with E-state index in [1.807, 2.05) is 17.7 Å². The molecule has 0 aliphatic rings. The van der Waals surface area contributed by atoms with Gasteiger partial charge in [-0.05, 0) is 26.0 Å². The molecule has 100 valence electrons. The first-order valence-electron chi connectivity index (χ1n) is 6.03. The highest BCUT2D eigenvalue weighted by molar-refractivity contribution is 5.93. The van der Waals surface area contributed by atoms with Crippen LogP contribution in [0.2, 0.25) is 0 Å². The van der Waals surface area contributed by atoms with Crippen LogP contribution in [0, 0.1) is 6.92 Å². The molecule has 0 saturated heterocycles. The zero-order valence-corrected chi connectivity index (χ0v) is 10.9. The van der Waals surface area contributed by atoms with E-state index in [-0.39, 0.29) is 23.1 Å². The Kier molecular flexibility index (Phi) is 3.79. The van der Waals surface area contributed by atoms with Gasteiger partial charge in [-0.15, -0.1) is 0 Å². The van der Waals surface area contributed by atoms with Gasteiger partial charge in [0.1, 0.15) is 5.56 Å². The van der Waals surface area contributed by atoms with Gasteiger partial charge in [-0.25, -0.2) is 4.98 Å². The quantitative estimate of drug-likeness (QED) is 0.849. The first-order chi connectivity index (χ1) is 9.06. The van der Waals surface area contributed by atoms with Gasteiger partial charge in [0, 0.05) is 30.7 Å². The molecule has 1 atom stereocenters. The first kappa shape index (κ1) is 13.1. The Balaban J connectivity index is 2.02. The number of carbonyl (C=O) groups is 1. The van der Waals surface area contributed by atoms with E-state index in [1.54, 1.807) is 25.5 Å². The predicted molar refractivity (Wildman–Crippen MR) is 71.0 cm³/mol. The Morgan fingerprint density at radius 3 is 2.95 bits per heavy atom. The Hall–Kier alpha value is -2.37. The fourth-order valence-electron chi connectivity index (χ4n) is 1.81.